The van der Waals surface area contributed by atoms with Crippen molar-refractivity contribution in [3.8, 4) is 0 Å². The lowest BCUT2D eigenvalue weighted by atomic mass is 10.0. The summed E-state index contributed by atoms with van der Waals surface area (Å²) in [6.07, 6.45) is 0.844. The van der Waals surface area contributed by atoms with E-state index in [0.717, 1.165) is 17.1 Å². The minimum Gasteiger partial charge on any atom is -0.389 e. The summed E-state index contributed by atoms with van der Waals surface area (Å²) in [5, 5.41) is 15.1. The molecule has 1 aromatic heterocycles. The molecule has 2 aromatic rings. The van der Waals surface area contributed by atoms with Crippen molar-refractivity contribution in [2.24, 2.45) is 0 Å². The second kappa shape index (κ2) is 5.91. The Hall–Kier alpha value is -1.23. The molecule has 2 N–H and O–H groups in total. The van der Waals surface area contributed by atoms with Crippen LogP contribution in [0.25, 0.3) is 0 Å². The lowest BCUT2D eigenvalue weighted by molar-refractivity contribution is 0.281. The van der Waals surface area contributed by atoms with Crippen LogP contribution >= 0.6 is 11.3 Å². The summed E-state index contributed by atoms with van der Waals surface area (Å²) < 4.78 is 0. The fourth-order valence-corrected chi connectivity index (χ4v) is 2.46. The zero-order valence-corrected chi connectivity index (χ0v) is 10.6. The molecule has 1 unspecified atom stereocenters. The average molecular weight is 248 g/mol. The highest BCUT2D eigenvalue weighted by Crippen LogP contribution is 2.19. The number of aliphatic hydroxyl groups is 1. The SMILES string of the molecule is CNC(Cc1csc(CO)n1)c1ccccc1. The van der Waals surface area contributed by atoms with E-state index in [0.29, 0.717) is 0 Å². The number of aromatic nitrogens is 1. The quantitative estimate of drug-likeness (QED) is 0.852. The molecule has 4 heteroatoms. The molecule has 0 aliphatic heterocycles. The Balaban J connectivity index is 2.10. The van der Waals surface area contributed by atoms with E-state index >= 15 is 0 Å². The molecule has 1 heterocycles. The molecule has 90 valence electrons. The molecule has 0 radical (unpaired) electrons. The number of benzene rings is 1. The number of thiazole rings is 1. The molecule has 3 nitrogen and oxygen atoms in total. The second-order valence-electron chi connectivity index (χ2n) is 3.85. The summed E-state index contributed by atoms with van der Waals surface area (Å²) >= 11 is 1.51. The number of hydrogen-bond donors (Lipinski definition) is 2. The summed E-state index contributed by atoms with van der Waals surface area (Å²) in [5.41, 5.74) is 2.29. The lowest BCUT2D eigenvalue weighted by Crippen LogP contribution is -2.18. The van der Waals surface area contributed by atoms with E-state index in [1.54, 1.807) is 0 Å². The van der Waals surface area contributed by atoms with Crippen LogP contribution in [-0.4, -0.2) is 17.1 Å². The van der Waals surface area contributed by atoms with Gasteiger partial charge in [0.25, 0.3) is 0 Å². The van der Waals surface area contributed by atoms with Gasteiger partial charge in [-0.05, 0) is 12.6 Å². The lowest BCUT2D eigenvalue weighted by Gasteiger charge is -2.15. The first-order valence-corrected chi connectivity index (χ1v) is 6.47. The van der Waals surface area contributed by atoms with Crippen LogP contribution in [0.15, 0.2) is 35.7 Å². The molecule has 0 bridgehead atoms. The standard InChI is InChI=1S/C13H16N2OS/c1-14-12(10-5-3-2-4-6-10)7-11-9-17-13(8-16)15-11/h2-6,9,12,14,16H,7-8H2,1H3. The fraction of sp³-hybridized carbons (Fsp3) is 0.308. The van der Waals surface area contributed by atoms with Gasteiger partial charge in [-0.3, -0.25) is 0 Å². The number of nitrogens with one attached hydrogen (secondary N) is 1. The molecule has 0 aliphatic rings. The zero-order valence-electron chi connectivity index (χ0n) is 9.76. The van der Waals surface area contributed by atoms with Gasteiger partial charge in [-0.25, -0.2) is 4.98 Å². The minimum atomic E-state index is 0.0280. The van der Waals surface area contributed by atoms with Crippen LogP contribution in [0.2, 0.25) is 0 Å². The van der Waals surface area contributed by atoms with Gasteiger partial charge in [-0.2, -0.15) is 0 Å². The van der Waals surface area contributed by atoms with Crippen LogP contribution in [0, 0.1) is 0 Å². The van der Waals surface area contributed by atoms with E-state index in [9.17, 15) is 0 Å². The highest BCUT2D eigenvalue weighted by Gasteiger charge is 2.11. The molecule has 0 saturated carbocycles. The van der Waals surface area contributed by atoms with E-state index < -0.39 is 0 Å². The topological polar surface area (TPSA) is 45.1 Å². The first-order chi connectivity index (χ1) is 8.33. The molecule has 0 amide bonds. The third-order valence-corrected chi connectivity index (χ3v) is 3.58. The predicted molar refractivity (Wildman–Crippen MR) is 70.0 cm³/mol. The Bertz CT molecular complexity index is 455. The van der Waals surface area contributed by atoms with Crippen LogP contribution in [0.4, 0.5) is 0 Å². The molecule has 0 fully saturated rings. The molecule has 0 aliphatic carbocycles. The number of rotatable bonds is 5. The van der Waals surface area contributed by atoms with E-state index in [1.165, 1.54) is 16.9 Å². The Morgan fingerprint density at radius 3 is 2.71 bits per heavy atom. The van der Waals surface area contributed by atoms with Crippen LogP contribution in [-0.2, 0) is 13.0 Å². The maximum Gasteiger partial charge on any atom is 0.118 e. The smallest absolute Gasteiger partial charge is 0.118 e. The van der Waals surface area contributed by atoms with Crippen molar-refractivity contribution >= 4 is 11.3 Å². The number of aliphatic hydroxyl groups excluding tert-OH is 1. The molecule has 17 heavy (non-hydrogen) atoms. The predicted octanol–water partition coefficient (Wildman–Crippen LogP) is 2.14. The molecular formula is C13H16N2OS. The fourth-order valence-electron chi connectivity index (χ4n) is 1.80. The number of likely N-dealkylation sites (N-methyl/N-ethyl adjacent to an activating group) is 1. The van der Waals surface area contributed by atoms with Crippen molar-refractivity contribution in [2.75, 3.05) is 7.05 Å². The molecular weight excluding hydrogens is 232 g/mol. The molecule has 0 spiro atoms. The van der Waals surface area contributed by atoms with Gasteiger partial charge < -0.3 is 10.4 Å². The first-order valence-electron chi connectivity index (χ1n) is 5.60. The third-order valence-electron chi connectivity index (χ3n) is 2.70. The normalized spacial score (nSPS) is 12.6. The van der Waals surface area contributed by atoms with Crippen molar-refractivity contribution in [1.82, 2.24) is 10.3 Å². The van der Waals surface area contributed by atoms with E-state index in [2.05, 4.69) is 22.4 Å². The van der Waals surface area contributed by atoms with E-state index in [1.807, 2.05) is 30.6 Å². The Morgan fingerprint density at radius 1 is 1.35 bits per heavy atom. The van der Waals surface area contributed by atoms with Crippen LogP contribution in [0.5, 0.6) is 0 Å². The van der Waals surface area contributed by atoms with E-state index in [4.69, 9.17) is 5.11 Å². The maximum atomic E-state index is 8.99. The van der Waals surface area contributed by atoms with Crippen LogP contribution in [0.1, 0.15) is 22.3 Å². The molecule has 1 atom stereocenters. The van der Waals surface area contributed by atoms with Gasteiger partial charge in [0, 0.05) is 17.8 Å². The zero-order chi connectivity index (χ0) is 12.1. The summed E-state index contributed by atoms with van der Waals surface area (Å²) in [4.78, 5) is 4.37. The molecule has 0 saturated heterocycles. The third kappa shape index (κ3) is 3.12. The van der Waals surface area contributed by atoms with Gasteiger partial charge in [-0.1, -0.05) is 30.3 Å². The largest absolute Gasteiger partial charge is 0.389 e. The monoisotopic (exact) mass is 248 g/mol. The summed E-state index contributed by atoms with van der Waals surface area (Å²) in [5.74, 6) is 0. The average Bonchev–Trinajstić information content (AvgIpc) is 2.84. The second-order valence-corrected chi connectivity index (χ2v) is 4.79. The highest BCUT2D eigenvalue weighted by molar-refractivity contribution is 7.09. The molecule has 1 aromatic carbocycles. The highest BCUT2D eigenvalue weighted by atomic mass is 32.1. The Labute approximate surface area is 105 Å². The van der Waals surface area contributed by atoms with Gasteiger partial charge in [0.2, 0.25) is 0 Å². The minimum absolute atomic E-state index is 0.0280. The van der Waals surface area contributed by atoms with Crippen molar-refractivity contribution < 1.29 is 5.11 Å². The number of nitrogens with zero attached hydrogens (tertiary/aromatic N) is 1. The van der Waals surface area contributed by atoms with Gasteiger partial charge in [0.05, 0.1) is 12.3 Å². The van der Waals surface area contributed by atoms with Crippen LogP contribution in [0.3, 0.4) is 0 Å². The van der Waals surface area contributed by atoms with Gasteiger partial charge in [0.1, 0.15) is 5.01 Å². The Morgan fingerprint density at radius 2 is 2.12 bits per heavy atom. The van der Waals surface area contributed by atoms with Crippen LogP contribution < -0.4 is 5.32 Å². The van der Waals surface area contributed by atoms with Crippen molar-refractivity contribution in [3.05, 3.63) is 52.0 Å². The van der Waals surface area contributed by atoms with Crippen molar-refractivity contribution in [2.45, 2.75) is 19.1 Å². The summed E-state index contributed by atoms with van der Waals surface area (Å²) in [6, 6.07) is 10.6. The molecule has 2 rings (SSSR count). The maximum absolute atomic E-state index is 8.99. The number of hydrogen-bond acceptors (Lipinski definition) is 4. The van der Waals surface area contributed by atoms with Crippen molar-refractivity contribution in [1.29, 1.82) is 0 Å². The first kappa shape index (κ1) is 12.2. The van der Waals surface area contributed by atoms with Gasteiger partial charge in [-0.15, -0.1) is 11.3 Å². The Kier molecular flexibility index (Phi) is 4.25. The van der Waals surface area contributed by atoms with Gasteiger partial charge in [0.15, 0.2) is 0 Å². The van der Waals surface area contributed by atoms with E-state index in [-0.39, 0.29) is 12.6 Å². The summed E-state index contributed by atoms with van der Waals surface area (Å²) in [6.45, 7) is 0.0280. The van der Waals surface area contributed by atoms with Crippen molar-refractivity contribution in [3.63, 3.8) is 0 Å². The summed E-state index contributed by atoms with van der Waals surface area (Å²) in [7, 11) is 1.96. The van der Waals surface area contributed by atoms with Gasteiger partial charge >= 0.3 is 0 Å².